The van der Waals surface area contributed by atoms with Gasteiger partial charge in [0.1, 0.15) is 5.78 Å². The summed E-state index contributed by atoms with van der Waals surface area (Å²) in [6.07, 6.45) is 2.81. The molecule has 0 aromatic rings. The standard InChI is InChI=1S/C9H16O2/c1-3-8(10)5-7-6-9(7,11)4-2/h7,11H,3-6H2,1-2H3/t7-,9+/m0/s1. The molecular weight excluding hydrogens is 140 g/mol. The van der Waals surface area contributed by atoms with Gasteiger partial charge in [0, 0.05) is 12.8 Å². The highest BCUT2D eigenvalue weighted by atomic mass is 16.3. The number of carbonyl (C=O) groups is 1. The van der Waals surface area contributed by atoms with Gasteiger partial charge in [0.15, 0.2) is 0 Å². The molecule has 0 unspecified atom stereocenters. The van der Waals surface area contributed by atoms with Crippen molar-refractivity contribution in [3.63, 3.8) is 0 Å². The van der Waals surface area contributed by atoms with Crippen LogP contribution in [-0.4, -0.2) is 16.5 Å². The predicted molar refractivity (Wildman–Crippen MR) is 43.3 cm³/mol. The fourth-order valence-corrected chi connectivity index (χ4v) is 1.48. The lowest BCUT2D eigenvalue weighted by molar-refractivity contribution is -0.119. The monoisotopic (exact) mass is 156 g/mol. The van der Waals surface area contributed by atoms with Crippen molar-refractivity contribution in [3.8, 4) is 0 Å². The van der Waals surface area contributed by atoms with Crippen molar-refractivity contribution in [2.75, 3.05) is 0 Å². The molecule has 1 N–H and O–H groups in total. The van der Waals surface area contributed by atoms with Crippen LogP contribution in [0.1, 0.15) is 39.5 Å². The topological polar surface area (TPSA) is 37.3 Å². The zero-order valence-electron chi connectivity index (χ0n) is 7.26. The van der Waals surface area contributed by atoms with E-state index in [1.165, 1.54) is 0 Å². The number of carbonyl (C=O) groups excluding carboxylic acids is 1. The van der Waals surface area contributed by atoms with Crippen LogP contribution >= 0.6 is 0 Å². The Labute approximate surface area is 67.6 Å². The molecule has 2 heteroatoms. The van der Waals surface area contributed by atoms with Crippen molar-refractivity contribution in [1.29, 1.82) is 0 Å². The van der Waals surface area contributed by atoms with Gasteiger partial charge in [0.25, 0.3) is 0 Å². The quantitative estimate of drug-likeness (QED) is 0.670. The van der Waals surface area contributed by atoms with Crippen LogP contribution in [0.25, 0.3) is 0 Å². The second-order valence-corrected chi connectivity index (χ2v) is 3.45. The number of rotatable bonds is 4. The Hall–Kier alpha value is -0.370. The van der Waals surface area contributed by atoms with E-state index in [-0.39, 0.29) is 11.7 Å². The molecule has 1 aliphatic carbocycles. The molecule has 2 nitrogen and oxygen atoms in total. The van der Waals surface area contributed by atoms with Crippen molar-refractivity contribution in [2.45, 2.75) is 45.1 Å². The normalized spacial score (nSPS) is 35.4. The molecular formula is C9H16O2. The summed E-state index contributed by atoms with van der Waals surface area (Å²) in [6.45, 7) is 3.84. The maximum atomic E-state index is 11.0. The minimum Gasteiger partial charge on any atom is -0.390 e. The fourth-order valence-electron chi connectivity index (χ4n) is 1.48. The third-order valence-electron chi connectivity index (χ3n) is 2.68. The molecule has 0 amide bonds. The van der Waals surface area contributed by atoms with Gasteiger partial charge in [-0.3, -0.25) is 4.79 Å². The predicted octanol–water partition coefficient (Wildman–Crippen LogP) is 1.52. The number of hydrogen-bond acceptors (Lipinski definition) is 2. The summed E-state index contributed by atoms with van der Waals surface area (Å²) < 4.78 is 0. The first-order chi connectivity index (χ1) is 5.12. The molecule has 2 atom stereocenters. The number of aliphatic hydroxyl groups is 1. The lowest BCUT2D eigenvalue weighted by Crippen LogP contribution is -2.11. The van der Waals surface area contributed by atoms with Crippen molar-refractivity contribution in [1.82, 2.24) is 0 Å². The molecule has 64 valence electrons. The molecule has 0 bridgehead atoms. The van der Waals surface area contributed by atoms with Crippen LogP contribution in [0, 0.1) is 5.92 Å². The van der Waals surface area contributed by atoms with Gasteiger partial charge in [-0.15, -0.1) is 0 Å². The van der Waals surface area contributed by atoms with E-state index in [1.807, 2.05) is 13.8 Å². The third kappa shape index (κ3) is 1.80. The van der Waals surface area contributed by atoms with E-state index in [4.69, 9.17) is 0 Å². The summed E-state index contributed by atoms with van der Waals surface area (Å²) in [6, 6.07) is 0. The Morgan fingerprint density at radius 2 is 2.27 bits per heavy atom. The average Bonchev–Trinajstić information content (AvgIpc) is 2.63. The van der Waals surface area contributed by atoms with Crippen LogP contribution in [-0.2, 0) is 4.79 Å². The van der Waals surface area contributed by atoms with Gasteiger partial charge in [-0.1, -0.05) is 13.8 Å². The van der Waals surface area contributed by atoms with Crippen LogP contribution in [0.3, 0.4) is 0 Å². The van der Waals surface area contributed by atoms with Gasteiger partial charge in [0.2, 0.25) is 0 Å². The molecule has 0 heterocycles. The molecule has 11 heavy (non-hydrogen) atoms. The SMILES string of the molecule is CCC(=O)C[C@H]1C[C@]1(O)CC. The second-order valence-electron chi connectivity index (χ2n) is 3.45. The highest BCUT2D eigenvalue weighted by Gasteiger charge is 2.51. The molecule has 1 saturated carbocycles. The van der Waals surface area contributed by atoms with E-state index in [0.717, 1.165) is 12.8 Å². The van der Waals surface area contributed by atoms with E-state index < -0.39 is 5.60 Å². The van der Waals surface area contributed by atoms with Crippen LogP contribution in [0.2, 0.25) is 0 Å². The van der Waals surface area contributed by atoms with E-state index in [1.54, 1.807) is 0 Å². The van der Waals surface area contributed by atoms with Gasteiger partial charge in [-0.2, -0.15) is 0 Å². The van der Waals surface area contributed by atoms with Gasteiger partial charge >= 0.3 is 0 Å². The first kappa shape index (κ1) is 8.72. The summed E-state index contributed by atoms with van der Waals surface area (Å²) in [5, 5.41) is 9.59. The van der Waals surface area contributed by atoms with E-state index in [2.05, 4.69) is 0 Å². The Bertz CT molecular complexity index is 165. The molecule has 1 fully saturated rings. The Balaban J connectivity index is 2.28. The van der Waals surface area contributed by atoms with Gasteiger partial charge < -0.3 is 5.11 Å². The third-order valence-corrected chi connectivity index (χ3v) is 2.68. The number of ketones is 1. The largest absolute Gasteiger partial charge is 0.390 e. The smallest absolute Gasteiger partial charge is 0.133 e. The molecule has 1 rings (SSSR count). The number of hydrogen-bond donors (Lipinski definition) is 1. The highest BCUT2D eigenvalue weighted by molar-refractivity contribution is 5.78. The van der Waals surface area contributed by atoms with Crippen molar-refractivity contribution in [2.24, 2.45) is 5.92 Å². The Morgan fingerprint density at radius 3 is 2.64 bits per heavy atom. The highest BCUT2D eigenvalue weighted by Crippen LogP contribution is 2.48. The summed E-state index contributed by atoms with van der Waals surface area (Å²) in [5.74, 6) is 0.541. The average molecular weight is 156 g/mol. The summed E-state index contributed by atoms with van der Waals surface area (Å²) >= 11 is 0. The van der Waals surface area contributed by atoms with E-state index >= 15 is 0 Å². The summed E-state index contributed by atoms with van der Waals surface area (Å²) in [7, 11) is 0. The summed E-state index contributed by atoms with van der Waals surface area (Å²) in [5.41, 5.74) is -0.481. The molecule has 0 saturated heterocycles. The molecule has 0 radical (unpaired) electrons. The first-order valence-corrected chi connectivity index (χ1v) is 4.36. The molecule has 0 aromatic carbocycles. The van der Waals surface area contributed by atoms with Crippen molar-refractivity contribution < 1.29 is 9.90 Å². The lowest BCUT2D eigenvalue weighted by Gasteiger charge is -2.04. The molecule has 0 spiro atoms. The van der Waals surface area contributed by atoms with Crippen molar-refractivity contribution >= 4 is 5.78 Å². The Morgan fingerprint density at radius 1 is 1.64 bits per heavy atom. The molecule has 0 aliphatic heterocycles. The summed E-state index contributed by atoms with van der Waals surface area (Å²) in [4.78, 5) is 11.0. The second kappa shape index (κ2) is 2.94. The van der Waals surface area contributed by atoms with E-state index in [9.17, 15) is 9.90 Å². The van der Waals surface area contributed by atoms with Crippen LogP contribution in [0.5, 0.6) is 0 Å². The van der Waals surface area contributed by atoms with Crippen LogP contribution in [0.15, 0.2) is 0 Å². The van der Waals surface area contributed by atoms with Crippen LogP contribution < -0.4 is 0 Å². The van der Waals surface area contributed by atoms with Crippen molar-refractivity contribution in [3.05, 3.63) is 0 Å². The maximum Gasteiger partial charge on any atom is 0.133 e. The Kier molecular flexibility index (Phi) is 2.33. The minimum atomic E-state index is -0.481. The van der Waals surface area contributed by atoms with Gasteiger partial charge in [0.05, 0.1) is 5.60 Å². The van der Waals surface area contributed by atoms with E-state index in [0.29, 0.717) is 12.8 Å². The zero-order chi connectivity index (χ0) is 8.48. The van der Waals surface area contributed by atoms with Gasteiger partial charge in [-0.25, -0.2) is 0 Å². The fraction of sp³-hybridized carbons (Fsp3) is 0.889. The van der Waals surface area contributed by atoms with Gasteiger partial charge in [-0.05, 0) is 18.8 Å². The number of Topliss-reactive ketones (excluding diaryl/α,β-unsaturated/α-hetero) is 1. The molecule has 1 aliphatic rings. The molecule has 0 aromatic heterocycles. The minimum absolute atomic E-state index is 0.264. The maximum absolute atomic E-state index is 11.0. The zero-order valence-corrected chi connectivity index (χ0v) is 7.26. The van der Waals surface area contributed by atoms with Crippen LogP contribution in [0.4, 0.5) is 0 Å². The first-order valence-electron chi connectivity index (χ1n) is 4.36. The lowest BCUT2D eigenvalue weighted by atomic mass is 10.1.